The van der Waals surface area contributed by atoms with E-state index in [2.05, 4.69) is 5.32 Å². The first-order valence-corrected chi connectivity index (χ1v) is 6.23. The van der Waals surface area contributed by atoms with Crippen LogP contribution in [0.15, 0.2) is 18.2 Å². The number of hydrogen-bond donors (Lipinski definition) is 3. The highest BCUT2D eigenvalue weighted by molar-refractivity contribution is 5.87. The molecule has 0 fully saturated rings. The molecule has 1 aromatic carbocycles. The molecular formula is C14H17NO6. The average molecular weight is 295 g/mol. The van der Waals surface area contributed by atoms with E-state index in [-0.39, 0.29) is 6.61 Å². The zero-order valence-electron chi connectivity index (χ0n) is 11.8. The van der Waals surface area contributed by atoms with Gasteiger partial charge in [-0.3, -0.25) is 9.59 Å². The number of carbonyl (C=O) groups excluding carboxylic acids is 1. The largest absolute Gasteiger partial charge is 0.484 e. The summed E-state index contributed by atoms with van der Waals surface area (Å²) in [5.74, 6) is -2.91. The van der Waals surface area contributed by atoms with Crippen LogP contribution in [0.3, 0.4) is 0 Å². The maximum atomic E-state index is 11.6. The summed E-state index contributed by atoms with van der Waals surface area (Å²) in [5.41, 5.74) is 1.94. The summed E-state index contributed by atoms with van der Waals surface area (Å²) >= 11 is 0. The number of benzene rings is 1. The molecule has 1 amide bonds. The first-order valence-electron chi connectivity index (χ1n) is 6.23. The maximum absolute atomic E-state index is 11.6. The van der Waals surface area contributed by atoms with Gasteiger partial charge in [-0.2, -0.15) is 0 Å². The van der Waals surface area contributed by atoms with Gasteiger partial charge in [0, 0.05) is 0 Å². The molecule has 0 aliphatic carbocycles. The van der Waals surface area contributed by atoms with Crippen LogP contribution in [0.1, 0.15) is 17.5 Å². The van der Waals surface area contributed by atoms with E-state index >= 15 is 0 Å². The van der Waals surface area contributed by atoms with Crippen molar-refractivity contribution in [3.63, 3.8) is 0 Å². The second-order valence-corrected chi connectivity index (χ2v) is 4.67. The van der Waals surface area contributed by atoms with Crippen LogP contribution in [0.25, 0.3) is 0 Å². The number of carboxylic acid groups (broad SMARTS) is 2. The minimum atomic E-state index is -1.47. The van der Waals surface area contributed by atoms with E-state index in [1.54, 1.807) is 12.1 Å². The van der Waals surface area contributed by atoms with Gasteiger partial charge in [0.2, 0.25) is 0 Å². The summed E-state index contributed by atoms with van der Waals surface area (Å²) in [6, 6.07) is 3.96. The molecule has 1 atom stereocenters. The molecular weight excluding hydrogens is 278 g/mol. The predicted molar refractivity (Wildman–Crippen MR) is 73.2 cm³/mol. The Bertz CT molecular complexity index is 534. The van der Waals surface area contributed by atoms with Gasteiger partial charge in [-0.15, -0.1) is 0 Å². The van der Waals surface area contributed by atoms with Crippen molar-refractivity contribution < 1.29 is 29.3 Å². The summed E-state index contributed by atoms with van der Waals surface area (Å²) in [6.45, 7) is 3.38. The number of carboxylic acids is 2. The lowest BCUT2D eigenvalue weighted by Gasteiger charge is -2.13. The van der Waals surface area contributed by atoms with Crippen molar-refractivity contribution in [2.24, 2.45) is 0 Å². The maximum Gasteiger partial charge on any atom is 0.326 e. The molecule has 0 aromatic heterocycles. The molecule has 0 heterocycles. The number of hydrogen-bond acceptors (Lipinski definition) is 4. The van der Waals surface area contributed by atoms with Crippen molar-refractivity contribution in [3.8, 4) is 5.75 Å². The molecule has 0 radical (unpaired) electrons. The fourth-order valence-electron chi connectivity index (χ4n) is 1.78. The van der Waals surface area contributed by atoms with Crippen LogP contribution in [0.2, 0.25) is 0 Å². The average Bonchev–Trinajstić information content (AvgIpc) is 2.33. The lowest BCUT2D eigenvalue weighted by atomic mass is 10.1. The second kappa shape index (κ2) is 7.28. The lowest BCUT2D eigenvalue weighted by Crippen LogP contribution is -2.44. The number of aryl methyl sites for hydroxylation is 2. The number of nitrogens with one attached hydrogen (secondary N) is 1. The van der Waals surface area contributed by atoms with Crippen LogP contribution in [-0.2, 0) is 14.4 Å². The lowest BCUT2D eigenvalue weighted by molar-refractivity contribution is -0.147. The molecule has 0 saturated heterocycles. The highest BCUT2D eigenvalue weighted by Gasteiger charge is 2.23. The molecule has 3 N–H and O–H groups in total. The van der Waals surface area contributed by atoms with Crippen LogP contribution < -0.4 is 10.1 Å². The highest BCUT2D eigenvalue weighted by Crippen LogP contribution is 2.15. The highest BCUT2D eigenvalue weighted by atomic mass is 16.5. The van der Waals surface area contributed by atoms with Gasteiger partial charge in [0.15, 0.2) is 6.61 Å². The quantitative estimate of drug-likeness (QED) is 0.683. The zero-order chi connectivity index (χ0) is 16.0. The number of amides is 1. The van der Waals surface area contributed by atoms with Gasteiger partial charge in [0.25, 0.3) is 5.91 Å². The van der Waals surface area contributed by atoms with E-state index in [4.69, 9.17) is 14.9 Å². The van der Waals surface area contributed by atoms with E-state index in [0.29, 0.717) is 5.75 Å². The van der Waals surface area contributed by atoms with Gasteiger partial charge in [0.1, 0.15) is 11.8 Å². The van der Waals surface area contributed by atoms with E-state index < -0.39 is 30.3 Å². The standard InChI is InChI=1S/C14H17NO6/c1-8-3-9(2)5-10(4-8)21-7-12(16)15-11(14(19)20)6-13(17)18/h3-5,11H,6-7H2,1-2H3,(H,15,16)(H,17,18)(H,19,20)/t11-/m0/s1. The second-order valence-electron chi connectivity index (χ2n) is 4.67. The van der Waals surface area contributed by atoms with Gasteiger partial charge in [-0.1, -0.05) is 6.07 Å². The summed E-state index contributed by atoms with van der Waals surface area (Å²) < 4.78 is 5.26. The normalized spacial score (nSPS) is 11.5. The molecule has 0 bridgehead atoms. The molecule has 0 unspecified atom stereocenters. The Balaban J connectivity index is 2.56. The van der Waals surface area contributed by atoms with E-state index in [0.717, 1.165) is 11.1 Å². The molecule has 1 rings (SSSR count). The van der Waals surface area contributed by atoms with Crippen LogP contribution in [0, 0.1) is 13.8 Å². The smallest absolute Gasteiger partial charge is 0.326 e. The number of carbonyl (C=O) groups is 3. The number of aliphatic carboxylic acids is 2. The number of ether oxygens (including phenoxy) is 1. The fourth-order valence-corrected chi connectivity index (χ4v) is 1.78. The topological polar surface area (TPSA) is 113 Å². The minimum absolute atomic E-state index is 0.383. The summed E-state index contributed by atoms with van der Waals surface area (Å²) in [7, 11) is 0. The molecule has 0 aliphatic heterocycles. The van der Waals surface area contributed by atoms with Gasteiger partial charge in [-0.05, 0) is 37.1 Å². The number of rotatable bonds is 7. The molecule has 114 valence electrons. The Labute approximate surface area is 121 Å². The fraction of sp³-hybridized carbons (Fsp3) is 0.357. The molecule has 7 nitrogen and oxygen atoms in total. The predicted octanol–water partition coefficient (Wildman–Crippen LogP) is 0.726. The molecule has 0 aliphatic rings. The Morgan fingerprint density at radius 1 is 1.14 bits per heavy atom. The van der Waals surface area contributed by atoms with Crippen molar-refractivity contribution in [1.29, 1.82) is 0 Å². The van der Waals surface area contributed by atoms with E-state index in [1.165, 1.54) is 0 Å². The Kier molecular flexibility index (Phi) is 5.71. The Morgan fingerprint density at radius 2 is 1.71 bits per heavy atom. The van der Waals surface area contributed by atoms with Gasteiger partial charge in [-0.25, -0.2) is 4.79 Å². The van der Waals surface area contributed by atoms with Gasteiger partial charge in [0.05, 0.1) is 6.42 Å². The van der Waals surface area contributed by atoms with Crippen molar-refractivity contribution in [2.45, 2.75) is 26.3 Å². The van der Waals surface area contributed by atoms with Crippen LogP contribution >= 0.6 is 0 Å². The molecule has 21 heavy (non-hydrogen) atoms. The first-order chi connectivity index (χ1) is 9.77. The molecule has 0 saturated carbocycles. The minimum Gasteiger partial charge on any atom is -0.484 e. The van der Waals surface area contributed by atoms with Crippen molar-refractivity contribution in [2.75, 3.05) is 6.61 Å². The van der Waals surface area contributed by atoms with Gasteiger partial charge < -0.3 is 20.3 Å². The third-order valence-electron chi connectivity index (χ3n) is 2.58. The van der Waals surface area contributed by atoms with E-state index in [1.807, 2.05) is 19.9 Å². The Morgan fingerprint density at radius 3 is 2.19 bits per heavy atom. The van der Waals surface area contributed by atoms with Crippen LogP contribution in [-0.4, -0.2) is 40.7 Å². The first kappa shape index (κ1) is 16.5. The van der Waals surface area contributed by atoms with Gasteiger partial charge >= 0.3 is 11.9 Å². The zero-order valence-corrected chi connectivity index (χ0v) is 11.8. The third kappa shape index (κ3) is 5.94. The summed E-state index contributed by atoms with van der Waals surface area (Å²) in [5, 5.41) is 19.5. The summed E-state index contributed by atoms with van der Waals surface area (Å²) in [6.07, 6.45) is -0.690. The van der Waals surface area contributed by atoms with E-state index in [9.17, 15) is 14.4 Å². The monoisotopic (exact) mass is 295 g/mol. The molecule has 0 spiro atoms. The van der Waals surface area contributed by atoms with Crippen molar-refractivity contribution >= 4 is 17.8 Å². The third-order valence-corrected chi connectivity index (χ3v) is 2.58. The SMILES string of the molecule is Cc1cc(C)cc(OCC(=O)N[C@@H](CC(=O)O)C(=O)O)c1. The van der Waals surface area contributed by atoms with Crippen molar-refractivity contribution in [3.05, 3.63) is 29.3 Å². The molecule has 1 aromatic rings. The van der Waals surface area contributed by atoms with Crippen LogP contribution in [0.4, 0.5) is 0 Å². The summed E-state index contributed by atoms with van der Waals surface area (Å²) in [4.78, 5) is 32.9. The Hall–Kier alpha value is -2.57. The van der Waals surface area contributed by atoms with Crippen molar-refractivity contribution in [1.82, 2.24) is 5.32 Å². The molecule has 7 heteroatoms. The van der Waals surface area contributed by atoms with Crippen LogP contribution in [0.5, 0.6) is 5.75 Å².